The molecule has 1 aliphatic heterocycles. The fourth-order valence-corrected chi connectivity index (χ4v) is 4.47. The molecule has 30 heavy (non-hydrogen) atoms. The summed E-state index contributed by atoms with van der Waals surface area (Å²) in [6.07, 6.45) is 0. The topological polar surface area (TPSA) is 91.9 Å². The Labute approximate surface area is 173 Å². The van der Waals surface area contributed by atoms with Crippen LogP contribution in [0.4, 0.5) is 0 Å². The number of nitrogens with two attached hydrogens (primary N) is 1. The van der Waals surface area contributed by atoms with E-state index in [1.807, 2.05) is 68.4 Å². The maximum absolute atomic E-state index is 13.2. The van der Waals surface area contributed by atoms with Gasteiger partial charge >= 0.3 is 0 Å². The molecule has 0 fully saturated rings. The summed E-state index contributed by atoms with van der Waals surface area (Å²) in [7, 11) is 0. The van der Waals surface area contributed by atoms with Crippen molar-refractivity contribution in [2.45, 2.75) is 19.8 Å². The van der Waals surface area contributed by atoms with E-state index in [1.165, 1.54) is 0 Å². The smallest absolute Gasteiger partial charge is 0.252 e. The highest BCUT2D eigenvalue weighted by atomic mass is 16.5. The normalized spacial score (nSPS) is 15.7. The van der Waals surface area contributed by atoms with Crippen molar-refractivity contribution >= 4 is 21.7 Å². The van der Waals surface area contributed by atoms with E-state index in [0.29, 0.717) is 11.3 Å². The highest BCUT2D eigenvalue weighted by Gasteiger charge is 2.34. The van der Waals surface area contributed by atoms with Gasteiger partial charge in [-0.1, -0.05) is 42.0 Å². The third-order valence-electron chi connectivity index (χ3n) is 5.75. The lowest BCUT2D eigenvalue weighted by Crippen LogP contribution is -2.26. The van der Waals surface area contributed by atoms with Gasteiger partial charge in [-0.2, -0.15) is 5.26 Å². The lowest BCUT2D eigenvalue weighted by Gasteiger charge is -2.27. The fraction of sp³-hybridized carbons (Fsp3) is 0.120. The molecule has 1 aliphatic rings. The van der Waals surface area contributed by atoms with Crippen LogP contribution in [0, 0.1) is 25.2 Å². The summed E-state index contributed by atoms with van der Waals surface area (Å²) in [5, 5.41) is 12.8. The number of hydrogen-bond acceptors (Lipinski definition) is 4. The Kier molecular flexibility index (Phi) is 3.90. The third-order valence-corrected chi connectivity index (χ3v) is 5.75. The Hall–Kier alpha value is -4.04. The van der Waals surface area contributed by atoms with Gasteiger partial charge in [0.1, 0.15) is 17.4 Å². The Morgan fingerprint density at radius 2 is 1.87 bits per heavy atom. The van der Waals surface area contributed by atoms with Gasteiger partial charge in [-0.15, -0.1) is 0 Å². The van der Waals surface area contributed by atoms with Crippen LogP contribution in [0.25, 0.3) is 21.7 Å². The monoisotopic (exact) mass is 393 g/mol. The first-order chi connectivity index (χ1) is 14.5. The lowest BCUT2D eigenvalue weighted by atomic mass is 9.81. The Balaban J connectivity index is 1.89. The van der Waals surface area contributed by atoms with Crippen molar-refractivity contribution in [3.63, 3.8) is 0 Å². The zero-order chi connectivity index (χ0) is 21.0. The number of nitrogens with zero attached hydrogens (tertiary/aromatic N) is 1. The summed E-state index contributed by atoms with van der Waals surface area (Å²) in [6, 6.07) is 19.8. The van der Waals surface area contributed by atoms with E-state index >= 15 is 0 Å². The number of H-pyrrole nitrogens is 1. The largest absolute Gasteiger partial charge is 0.440 e. The number of hydrogen-bond donors (Lipinski definition) is 2. The molecule has 0 radical (unpaired) electrons. The average Bonchev–Trinajstić information content (AvgIpc) is 2.73. The van der Waals surface area contributed by atoms with Crippen molar-refractivity contribution in [1.82, 2.24) is 4.98 Å². The number of nitrogens with one attached hydrogen (secondary N) is 1. The second-order valence-corrected chi connectivity index (χ2v) is 7.72. The van der Waals surface area contributed by atoms with Gasteiger partial charge in [-0.05, 0) is 53.8 Å². The number of nitriles is 1. The molecule has 0 spiro atoms. The maximum Gasteiger partial charge on any atom is 0.252 e. The van der Waals surface area contributed by atoms with Crippen LogP contribution in [0.5, 0.6) is 5.75 Å². The molecule has 0 amide bonds. The van der Waals surface area contributed by atoms with Crippen molar-refractivity contribution in [3.05, 3.63) is 98.7 Å². The van der Waals surface area contributed by atoms with E-state index in [0.717, 1.165) is 38.4 Å². The molecule has 2 heterocycles. The van der Waals surface area contributed by atoms with Crippen LogP contribution in [0.1, 0.15) is 28.2 Å². The van der Waals surface area contributed by atoms with Crippen molar-refractivity contribution in [2.75, 3.05) is 0 Å². The summed E-state index contributed by atoms with van der Waals surface area (Å²) in [5.74, 6) is -0.0147. The molecule has 4 aromatic rings. The summed E-state index contributed by atoms with van der Waals surface area (Å²) < 4.78 is 5.78. The molecule has 0 bridgehead atoms. The van der Waals surface area contributed by atoms with Gasteiger partial charge in [0.15, 0.2) is 0 Å². The molecular formula is C25H19N3O2. The van der Waals surface area contributed by atoms with Gasteiger partial charge in [0, 0.05) is 11.1 Å². The quantitative estimate of drug-likeness (QED) is 0.497. The molecule has 5 rings (SSSR count). The molecule has 146 valence electrons. The Morgan fingerprint density at radius 3 is 2.67 bits per heavy atom. The molecular weight excluding hydrogens is 374 g/mol. The van der Waals surface area contributed by atoms with Crippen molar-refractivity contribution in [1.29, 1.82) is 5.26 Å². The SMILES string of the molecule is Cc1cc(C)c2[nH]c(=O)c(C3C(C#N)=C(N)Oc4ccc5ccccc5c43)cc2c1. The van der Waals surface area contributed by atoms with Crippen LogP contribution in [0.2, 0.25) is 0 Å². The van der Waals surface area contributed by atoms with Crippen LogP contribution >= 0.6 is 0 Å². The first-order valence-corrected chi connectivity index (χ1v) is 9.71. The van der Waals surface area contributed by atoms with Crippen LogP contribution < -0.4 is 16.0 Å². The number of pyridine rings is 1. The van der Waals surface area contributed by atoms with E-state index in [-0.39, 0.29) is 17.0 Å². The lowest BCUT2D eigenvalue weighted by molar-refractivity contribution is 0.395. The number of aryl methyl sites for hydroxylation is 2. The average molecular weight is 393 g/mol. The molecule has 1 aromatic heterocycles. The number of ether oxygens (including phenoxy) is 1. The third kappa shape index (κ3) is 2.58. The zero-order valence-electron chi connectivity index (χ0n) is 16.6. The predicted molar refractivity (Wildman–Crippen MR) is 117 cm³/mol. The molecule has 1 unspecified atom stereocenters. The number of aromatic amines is 1. The molecule has 0 saturated heterocycles. The van der Waals surface area contributed by atoms with Crippen LogP contribution in [-0.4, -0.2) is 4.98 Å². The van der Waals surface area contributed by atoms with Crippen molar-refractivity contribution in [2.24, 2.45) is 5.73 Å². The summed E-state index contributed by atoms with van der Waals surface area (Å²) in [6.45, 7) is 3.99. The van der Waals surface area contributed by atoms with E-state index < -0.39 is 5.92 Å². The highest BCUT2D eigenvalue weighted by molar-refractivity contribution is 5.90. The summed E-state index contributed by atoms with van der Waals surface area (Å²) in [4.78, 5) is 16.2. The number of aromatic nitrogens is 1. The predicted octanol–water partition coefficient (Wildman–Crippen LogP) is 4.52. The summed E-state index contributed by atoms with van der Waals surface area (Å²) >= 11 is 0. The molecule has 5 heteroatoms. The van der Waals surface area contributed by atoms with Gasteiger partial charge in [0.2, 0.25) is 5.88 Å². The van der Waals surface area contributed by atoms with E-state index in [9.17, 15) is 10.1 Å². The molecule has 1 atom stereocenters. The molecule has 0 saturated carbocycles. The second-order valence-electron chi connectivity index (χ2n) is 7.72. The zero-order valence-corrected chi connectivity index (χ0v) is 16.6. The fourth-order valence-electron chi connectivity index (χ4n) is 4.47. The van der Waals surface area contributed by atoms with E-state index in [4.69, 9.17) is 10.5 Å². The molecule has 5 nitrogen and oxygen atoms in total. The van der Waals surface area contributed by atoms with Crippen molar-refractivity contribution in [3.8, 4) is 11.8 Å². The summed E-state index contributed by atoms with van der Waals surface area (Å²) in [5.41, 5.74) is 10.3. The van der Waals surface area contributed by atoms with Crippen LogP contribution in [0.3, 0.4) is 0 Å². The first kappa shape index (κ1) is 18.0. The van der Waals surface area contributed by atoms with Gasteiger partial charge in [-0.3, -0.25) is 4.79 Å². The second kappa shape index (κ2) is 6.50. The van der Waals surface area contributed by atoms with Crippen LogP contribution in [0.15, 0.2) is 70.8 Å². The van der Waals surface area contributed by atoms with Gasteiger partial charge in [-0.25, -0.2) is 0 Å². The molecule has 3 N–H and O–H groups in total. The first-order valence-electron chi connectivity index (χ1n) is 9.71. The number of allylic oxidation sites excluding steroid dienone is 1. The minimum atomic E-state index is -0.612. The Bertz CT molecular complexity index is 1490. The maximum atomic E-state index is 13.2. The van der Waals surface area contributed by atoms with Gasteiger partial charge in [0.05, 0.1) is 11.4 Å². The minimum absolute atomic E-state index is 0.0326. The number of benzene rings is 3. The molecule has 3 aromatic carbocycles. The number of fused-ring (bicyclic) bond motifs is 4. The van der Waals surface area contributed by atoms with Crippen LogP contribution in [-0.2, 0) is 0 Å². The standard InChI is InChI=1S/C25H19N3O2/c1-13-9-14(2)23-16(10-13)11-18(25(29)28-23)21-19(12-26)24(27)30-20-8-7-15-5-3-4-6-17(15)22(20)21/h3-11,21H,27H2,1-2H3,(H,28,29). The van der Waals surface area contributed by atoms with Gasteiger partial charge in [0.25, 0.3) is 5.56 Å². The van der Waals surface area contributed by atoms with Crippen molar-refractivity contribution < 1.29 is 4.74 Å². The van der Waals surface area contributed by atoms with E-state index in [1.54, 1.807) is 0 Å². The Morgan fingerprint density at radius 1 is 1.07 bits per heavy atom. The van der Waals surface area contributed by atoms with E-state index in [2.05, 4.69) is 11.1 Å². The van der Waals surface area contributed by atoms with Gasteiger partial charge < -0.3 is 15.5 Å². The number of rotatable bonds is 1. The minimum Gasteiger partial charge on any atom is -0.440 e. The molecule has 0 aliphatic carbocycles. The highest BCUT2D eigenvalue weighted by Crippen LogP contribution is 2.45.